The second kappa shape index (κ2) is 9.73. The van der Waals surface area contributed by atoms with E-state index in [0.29, 0.717) is 6.04 Å². The van der Waals surface area contributed by atoms with Gasteiger partial charge in [-0.05, 0) is 59.2 Å². The molecular weight excluding hydrogens is 236 g/mol. The van der Waals surface area contributed by atoms with Gasteiger partial charge < -0.3 is 15.3 Å². The van der Waals surface area contributed by atoms with Gasteiger partial charge in [0.2, 0.25) is 0 Å². The molecule has 1 aliphatic rings. The van der Waals surface area contributed by atoms with E-state index in [9.17, 15) is 5.11 Å². The second-order valence-corrected chi connectivity index (χ2v) is 6.53. The maximum Gasteiger partial charge on any atom is 0.0667 e. The molecule has 1 fully saturated rings. The monoisotopic (exact) mass is 270 g/mol. The number of rotatable bonds is 10. The van der Waals surface area contributed by atoms with Gasteiger partial charge in [-0.25, -0.2) is 0 Å². The summed E-state index contributed by atoms with van der Waals surface area (Å²) >= 11 is 0. The van der Waals surface area contributed by atoms with Crippen molar-refractivity contribution in [3.8, 4) is 0 Å². The Labute approximate surface area is 119 Å². The largest absolute Gasteiger partial charge is 0.392 e. The van der Waals surface area contributed by atoms with E-state index in [4.69, 9.17) is 0 Å². The Bertz CT molecular complexity index is 215. The highest BCUT2D eigenvalue weighted by atomic mass is 16.3. The van der Waals surface area contributed by atoms with Crippen molar-refractivity contribution in [1.29, 1.82) is 0 Å². The highest BCUT2D eigenvalue weighted by Crippen LogP contribution is 2.28. The van der Waals surface area contributed by atoms with E-state index < -0.39 is 0 Å². The predicted molar refractivity (Wildman–Crippen MR) is 82.5 cm³/mol. The summed E-state index contributed by atoms with van der Waals surface area (Å²) in [6.45, 7) is 7.45. The molecule has 0 saturated heterocycles. The second-order valence-electron chi connectivity index (χ2n) is 6.53. The van der Waals surface area contributed by atoms with Crippen LogP contribution in [-0.4, -0.2) is 48.8 Å². The van der Waals surface area contributed by atoms with Crippen LogP contribution in [0, 0.1) is 5.92 Å². The van der Waals surface area contributed by atoms with Crippen LogP contribution in [-0.2, 0) is 0 Å². The molecule has 1 aliphatic carbocycles. The molecule has 3 heteroatoms. The first-order chi connectivity index (χ1) is 9.09. The zero-order chi connectivity index (χ0) is 14.1. The smallest absolute Gasteiger partial charge is 0.0667 e. The van der Waals surface area contributed by atoms with Crippen LogP contribution >= 0.6 is 0 Å². The molecule has 1 unspecified atom stereocenters. The zero-order valence-electron chi connectivity index (χ0n) is 13.2. The van der Waals surface area contributed by atoms with E-state index >= 15 is 0 Å². The molecule has 0 spiro atoms. The van der Waals surface area contributed by atoms with Gasteiger partial charge in [-0.3, -0.25) is 0 Å². The molecule has 0 radical (unpaired) electrons. The fourth-order valence-corrected chi connectivity index (χ4v) is 2.85. The number of nitrogens with one attached hydrogen (secondary N) is 1. The van der Waals surface area contributed by atoms with E-state index in [2.05, 4.69) is 31.1 Å². The van der Waals surface area contributed by atoms with Gasteiger partial charge in [-0.2, -0.15) is 0 Å². The van der Waals surface area contributed by atoms with E-state index in [-0.39, 0.29) is 6.10 Å². The van der Waals surface area contributed by atoms with Gasteiger partial charge in [0.1, 0.15) is 0 Å². The molecule has 1 saturated carbocycles. The number of aliphatic hydroxyl groups is 1. The van der Waals surface area contributed by atoms with Gasteiger partial charge in [0.05, 0.1) is 6.10 Å². The van der Waals surface area contributed by atoms with E-state index in [1.807, 2.05) is 0 Å². The van der Waals surface area contributed by atoms with Crippen molar-refractivity contribution in [2.24, 2.45) is 5.92 Å². The minimum absolute atomic E-state index is 0.138. The molecule has 2 N–H and O–H groups in total. The fourth-order valence-electron chi connectivity index (χ4n) is 2.85. The number of hydrogen-bond donors (Lipinski definition) is 2. The van der Waals surface area contributed by atoms with E-state index in [1.54, 1.807) is 0 Å². The first kappa shape index (κ1) is 16.9. The lowest BCUT2D eigenvalue weighted by molar-refractivity contribution is 0.140. The minimum atomic E-state index is -0.138. The average Bonchev–Trinajstić information content (AvgIpc) is 2.85. The molecule has 19 heavy (non-hydrogen) atoms. The van der Waals surface area contributed by atoms with Crippen molar-refractivity contribution in [3.05, 3.63) is 0 Å². The third-order valence-electron chi connectivity index (χ3n) is 4.46. The van der Waals surface area contributed by atoms with Crippen LogP contribution in [0.2, 0.25) is 0 Å². The molecule has 1 atom stereocenters. The van der Waals surface area contributed by atoms with Crippen LogP contribution in [0.4, 0.5) is 0 Å². The maximum atomic E-state index is 9.96. The van der Waals surface area contributed by atoms with Gasteiger partial charge in [0.15, 0.2) is 0 Å². The van der Waals surface area contributed by atoms with Crippen molar-refractivity contribution in [2.75, 3.05) is 26.7 Å². The van der Waals surface area contributed by atoms with Crippen LogP contribution in [0.5, 0.6) is 0 Å². The predicted octanol–water partition coefficient (Wildman–Crippen LogP) is 2.64. The standard InChI is InChI=1S/C16H34N2O/c1-14(2)18(3)11-7-6-10-17-13-16(19)12-15-8-4-5-9-15/h14-17,19H,4-13H2,1-3H3. The Hall–Kier alpha value is -0.120. The summed E-state index contributed by atoms with van der Waals surface area (Å²) in [7, 11) is 2.18. The average molecular weight is 270 g/mol. The van der Waals surface area contributed by atoms with Crippen LogP contribution in [0.25, 0.3) is 0 Å². The Morgan fingerprint density at radius 3 is 2.53 bits per heavy atom. The Balaban J connectivity index is 1.89. The van der Waals surface area contributed by atoms with Gasteiger partial charge in [-0.15, -0.1) is 0 Å². The summed E-state index contributed by atoms with van der Waals surface area (Å²) in [5.74, 6) is 0.788. The summed E-state index contributed by atoms with van der Waals surface area (Å²) in [5.41, 5.74) is 0. The molecular formula is C16H34N2O. The molecule has 0 heterocycles. The van der Waals surface area contributed by atoms with Gasteiger partial charge in [0, 0.05) is 12.6 Å². The number of aliphatic hydroxyl groups excluding tert-OH is 1. The molecule has 0 aromatic rings. The van der Waals surface area contributed by atoms with E-state index in [1.165, 1.54) is 45.1 Å². The molecule has 114 valence electrons. The van der Waals surface area contributed by atoms with Gasteiger partial charge >= 0.3 is 0 Å². The van der Waals surface area contributed by atoms with E-state index in [0.717, 1.165) is 25.4 Å². The minimum Gasteiger partial charge on any atom is -0.392 e. The van der Waals surface area contributed by atoms with Crippen molar-refractivity contribution in [1.82, 2.24) is 10.2 Å². The number of unbranched alkanes of at least 4 members (excludes halogenated alkanes) is 1. The van der Waals surface area contributed by atoms with Crippen LogP contribution in [0.1, 0.15) is 58.8 Å². The summed E-state index contributed by atoms with van der Waals surface area (Å²) < 4.78 is 0. The fraction of sp³-hybridized carbons (Fsp3) is 1.00. The summed E-state index contributed by atoms with van der Waals surface area (Å²) in [6, 6.07) is 0.640. The summed E-state index contributed by atoms with van der Waals surface area (Å²) in [4.78, 5) is 2.38. The van der Waals surface area contributed by atoms with Crippen LogP contribution in [0.15, 0.2) is 0 Å². The SMILES string of the molecule is CC(C)N(C)CCCCNCC(O)CC1CCCC1. The molecule has 1 rings (SSSR count). The first-order valence-corrected chi connectivity index (χ1v) is 8.18. The van der Waals surface area contributed by atoms with Crippen molar-refractivity contribution in [3.63, 3.8) is 0 Å². The van der Waals surface area contributed by atoms with Crippen LogP contribution in [0.3, 0.4) is 0 Å². The molecule has 3 nitrogen and oxygen atoms in total. The molecule has 0 aromatic heterocycles. The Morgan fingerprint density at radius 1 is 1.21 bits per heavy atom. The molecule has 0 bridgehead atoms. The summed E-state index contributed by atoms with van der Waals surface area (Å²) in [6.07, 6.45) is 8.71. The molecule has 0 aromatic carbocycles. The lowest BCUT2D eigenvalue weighted by Crippen LogP contribution is -2.30. The molecule has 0 aliphatic heterocycles. The van der Waals surface area contributed by atoms with Crippen molar-refractivity contribution >= 4 is 0 Å². The Morgan fingerprint density at radius 2 is 1.89 bits per heavy atom. The van der Waals surface area contributed by atoms with Gasteiger partial charge in [-0.1, -0.05) is 25.7 Å². The number of hydrogen-bond acceptors (Lipinski definition) is 3. The quantitative estimate of drug-likeness (QED) is 0.599. The third-order valence-corrected chi connectivity index (χ3v) is 4.46. The highest BCUT2D eigenvalue weighted by molar-refractivity contribution is 4.72. The number of nitrogens with zero attached hydrogens (tertiary/aromatic N) is 1. The Kier molecular flexibility index (Phi) is 8.67. The van der Waals surface area contributed by atoms with Crippen LogP contribution < -0.4 is 5.32 Å². The van der Waals surface area contributed by atoms with Crippen molar-refractivity contribution in [2.45, 2.75) is 70.9 Å². The highest BCUT2D eigenvalue weighted by Gasteiger charge is 2.18. The third kappa shape index (κ3) is 7.91. The maximum absolute atomic E-state index is 9.96. The molecule has 0 amide bonds. The lowest BCUT2D eigenvalue weighted by Gasteiger charge is -2.20. The first-order valence-electron chi connectivity index (χ1n) is 8.18. The van der Waals surface area contributed by atoms with Gasteiger partial charge in [0.25, 0.3) is 0 Å². The lowest BCUT2D eigenvalue weighted by atomic mass is 10.00. The zero-order valence-corrected chi connectivity index (χ0v) is 13.2. The normalized spacial score (nSPS) is 18.6. The summed E-state index contributed by atoms with van der Waals surface area (Å²) in [5, 5.41) is 13.3. The topological polar surface area (TPSA) is 35.5 Å². The van der Waals surface area contributed by atoms with Crippen molar-refractivity contribution < 1.29 is 5.11 Å².